The number of carbonyl (C=O) groups excluding carboxylic acids is 1. The Balaban J connectivity index is 1.20. The van der Waals surface area contributed by atoms with Gasteiger partial charge in [0.2, 0.25) is 5.89 Å². The molecule has 220 valence electrons. The molecule has 3 aromatic heterocycles. The maximum atomic E-state index is 11.3. The van der Waals surface area contributed by atoms with E-state index in [1.807, 2.05) is 55.6 Å². The lowest BCUT2D eigenvalue weighted by atomic mass is 9.96. The van der Waals surface area contributed by atoms with Crippen molar-refractivity contribution in [1.29, 1.82) is 0 Å². The zero-order valence-electron chi connectivity index (χ0n) is 23.7. The van der Waals surface area contributed by atoms with E-state index in [-0.39, 0.29) is 6.10 Å². The topological polar surface area (TPSA) is 104 Å². The molecule has 0 aliphatic carbocycles. The van der Waals surface area contributed by atoms with Crippen LogP contribution in [0.3, 0.4) is 0 Å². The van der Waals surface area contributed by atoms with Crippen molar-refractivity contribution >= 4 is 63.0 Å². The lowest BCUT2D eigenvalue weighted by molar-refractivity contribution is 0.112. The number of anilines is 2. The molecule has 1 atom stereocenters. The van der Waals surface area contributed by atoms with E-state index < -0.39 is 0 Å². The average Bonchev–Trinajstić information content (AvgIpc) is 3.64. The van der Waals surface area contributed by atoms with Crippen LogP contribution in [0.5, 0.6) is 0 Å². The van der Waals surface area contributed by atoms with Gasteiger partial charge in [0.15, 0.2) is 11.4 Å². The molecule has 10 heteroatoms. The first-order valence-corrected chi connectivity index (χ1v) is 15.0. The summed E-state index contributed by atoms with van der Waals surface area (Å²) in [6.07, 6.45) is 4.90. The second-order valence-corrected chi connectivity index (χ2v) is 11.8. The third kappa shape index (κ3) is 5.31. The fourth-order valence-corrected chi connectivity index (χ4v) is 6.35. The highest BCUT2D eigenvalue weighted by atomic mass is 35.5. The highest BCUT2D eigenvalue weighted by Gasteiger charge is 2.21. The molecule has 0 unspecified atom stereocenters. The fraction of sp³-hybridized carbons (Fsp3) is 0.176. The zero-order valence-corrected chi connectivity index (χ0v) is 25.2. The predicted octanol–water partition coefficient (Wildman–Crippen LogP) is 7.84. The molecule has 7 rings (SSSR count). The van der Waals surface area contributed by atoms with Crippen LogP contribution in [0.15, 0.2) is 77.5 Å². The standard InChI is InChI=1S/C34H27Cl2N5O3/c1-19-24(4-2-5-25(19)34-40-29-14-20(18-42)13-27(35)32(29)44-34)26-6-3-7-28(30(26)36)39-33-31-22(8-10-37-33)12-21(15-38-31)16-41-11-9-23(43)17-41/h2-8,10,12-15,18,23,43H,9,11,16-17H2,1H3,(H,37,39)/t23-/m0/s1. The van der Waals surface area contributed by atoms with Crippen molar-refractivity contribution in [3.8, 4) is 22.6 Å². The van der Waals surface area contributed by atoms with Crippen molar-refractivity contribution in [2.24, 2.45) is 0 Å². The molecule has 1 aliphatic heterocycles. The van der Waals surface area contributed by atoms with Gasteiger partial charge in [-0.05, 0) is 66.4 Å². The molecule has 0 amide bonds. The highest BCUT2D eigenvalue weighted by Crippen LogP contribution is 2.40. The van der Waals surface area contributed by atoms with Gasteiger partial charge >= 0.3 is 0 Å². The maximum absolute atomic E-state index is 11.3. The fourth-order valence-electron chi connectivity index (χ4n) is 5.82. The van der Waals surface area contributed by atoms with Gasteiger partial charge in [0, 0.05) is 54.1 Å². The molecular weight excluding hydrogens is 597 g/mol. The number of carbonyl (C=O) groups is 1. The second-order valence-electron chi connectivity index (χ2n) is 11.0. The summed E-state index contributed by atoms with van der Waals surface area (Å²) in [6.45, 7) is 4.30. The van der Waals surface area contributed by atoms with Crippen LogP contribution in [0, 0.1) is 6.92 Å². The minimum Gasteiger partial charge on any atom is -0.434 e. The summed E-state index contributed by atoms with van der Waals surface area (Å²) in [7, 11) is 0. The Kier molecular flexibility index (Phi) is 7.52. The number of rotatable bonds is 7. The third-order valence-corrected chi connectivity index (χ3v) is 8.71. The lowest BCUT2D eigenvalue weighted by Gasteiger charge is -2.16. The molecule has 1 fully saturated rings. The van der Waals surface area contributed by atoms with Crippen molar-refractivity contribution in [3.63, 3.8) is 0 Å². The molecule has 0 spiro atoms. The molecule has 44 heavy (non-hydrogen) atoms. The van der Waals surface area contributed by atoms with E-state index >= 15 is 0 Å². The summed E-state index contributed by atoms with van der Waals surface area (Å²) in [5.74, 6) is 1.01. The molecule has 0 bridgehead atoms. The van der Waals surface area contributed by atoms with Crippen LogP contribution < -0.4 is 5.32 Å². The summed E-state index contributed by atoms with van der Waals surface area (Å²) in [6, 6.07) is 19.0. The Labute approximate surface area is 263 Å². The number of hydrogen-bond acceptors (Lipinski definition) is 8. The van der Waals surface area contributed by atoms with Crippen LogP contribution in [0.4, 0.5) is 11.5 Å². The van der Waals surface area contributed by atoms with Gasteiger partial charge < -0.3 is 14.8 Å². The average molecular weight is 625 g/mol. The third-order valence-electron chi connectivity index (χ3n) is 8.02. The van der Waals surface area contributed by atoms with E-state index in [9.17, 15) is 9.90 Å². The van der Waals surface area contributed by atoms with Gasteiger partial charge in [0.1, 0.15) is 17.3 Å². The number of benzene rings is 3. The van der Waals surface area contributed by atoms with E-state index in [0.717, 1.165) is 64.5 Å². The number of β-amino-alcohol motifs (C(OH)–C–C–N with tert-alkyl or cyclic N) is 1. The smallest absolute Gasteiger partial charge is 0.227 e. The normalized spacial score (nSPS) is 15.3. The Morgan fingerprint density at radius 1 is 1.07 bits per heavy atom. The van der Waals surface area contributed by atoms with Crippen molar-refractivity contribution in [1.82, 2.24) is 19.9 Å². The number of halogens is 2. The number of nitrogens with zero attached hydrogens (tertiary/aromatic N) is 4. The molecule has 1 aliphatic rings. The van der Waals surface area contributed by atoms with Crippen LogP contribution in [0.1, 0.15) is 27.9 Å². The van der Waals surface area contributed by atoms with E-state index in [4.69, 9.17) is 32.6 Å². The van der Waals surface area contributed by atoms with Gasteiger partial charge in [0.25, 0.3) is 0 Å². The number of aldehydes is 1. The largest absolute Gasteiger partial charge is 0.434 e. The Morgan fingerprint density at radius 2 is 1.89 bits per heavy atom. The van der Waals surface area contributed by atoms with Crippen molar-refractivity contribution in [2.45, 2.75) is 26.0 Å². The first kappa shape index (κ1) is 28.4. The van der Waals surface area contributed by atoms with Crippen molar-refractivity contribution in [3.05, 3.63) is 99.8 Å². The zero-order chi connectivity index (χ0) is 30.4. The van der Waals surface area contributed by atoms with Crippen molar-refractivity contribution < 1.29 is 14.3 Å². The van der Waals surface area contributed by atoms with Gasteiger partial charge in [-0.3, -0.25) is 14.7 Å². The van der Waals surface area contributed by atoms with Crippen LogP contribution >= 0.6 is 23.2 Å². The molecule has 8 nitrogen and oxygen atoms in total. The van der Waals surface area contributed by atoms with Crippen LogP contribution in [-0.4, -0.2) is 50.4 Å². The van der Waals surface area contributed by atoms with Crippen LogP contribution in [0.25, 0.3) is 44.6 Å². The lowest BCUT2D eigenvalue weighted by Crippen LogP contribution is -2.21. The summed E-state index contributed by atoms with van der Waals surface area (Å²) in [4.78, 5) is 27.5. The van der Waals surface area contributed by atoms with Crippen molar-refractivity contribution in [2.75, 3.05) is 18.4 Å². The van der Waals surface area contributed by atoms with Gasteiger partial charge in [-0.2, -0.15) is 0 Å². The Bertz CT molecular complexity index is 2060. The monoisotopic (exact) mass is 623 g/mol. The number of likely N-dealkylation sites (tertiary alicyclic amines) is 1. The quantitative estimate of drug-likeness (QED) is 0.173. The first-order chi connectivity index (χ1) is 21.4. The Morgan fingerprint density at radius 3 is 2.70 bits per heavy atom. The number of pyridine rings is 2. The number of aliphatic hydroxyl groups excluding tert-OH is 1. The van der Waals surface area contributed by atoms with Crippen LogP contribution in [0.2, 0.25) is 10.0 Å². The minimum atomic E-state index is -0.256. The molecule has 2 N–H and O–H groups in total. The Hall–Kier alpha value is -4.34. The van der Waals surface area contributed by atoms with Gasteiger partial charge in [0.05, 0.1) is 21.8 Å². The molecule has 0 radical (unpaired) electrons. The molecular formula is C34H27Cl2N5O3. The van der Waals surface area contributed by atoms with Gasteiger partial charge in [-0.1, -0.05) is 47.5 Å². The highest BCUT2D eigenvalue weighted by molar-refractivity contribution is 6.36. The molecule has 6 aromatic rings. The van der Waals surface area contributed by atoms with E-state index in [2.05, 4.69) is 26.3 Å². The van der Waals surface area contributed by atoms with Gasteiger partial charge in [-0.15, -0.1) is 0 Å². The molecule has 0 saturated carbocycles. The van der Waals surface area contributed by atoms with E-state index in [1.54, 1.807) is 18.3 Å². The SMILES string of the molecule is Cc1c(-c2nc3cc(C=O)cc(Cl)c3o2)cccc1-c1cccc(Nc2nccc3cc(CN4CC[C@H](O)C4)cnc23)c1Cl. The molecule has 3 aromatic carbocycles. The number of fused-ring (bicyclic) bond motifs is 2. The minimum absolute atomic E-state index is 0.256. The van der Waals surface area contributed by atoms with E-state index in [1.165, 1.54) is 0 Å². The summed E-state index contributed by atoms with van der Waals surface area (Å²) in [5, 5.41) is 15.1. The number of oxazole rings is 1. The van der Waals surface area contributed by atoms with Gasteiger partial charge in [-0.25, -0.2) is 9.97 Å². The number of aliphatic hydroxyl groups is 1. The number of hydrogen-bond donors (Lipinski definition) is 2. The number of aromatic nitrogens is 3. The molecule has 4 heterocycles. The molecule has 1 saturated heterocycles. The summed E-state index contributed by atoms with van der Waals surface area (Å²) >= 11 is 13.4. The first-order valence-electron chi connectivity index (χ1n) is 14.2. The summed E-state index contributed by atoms with van der Waals surface area (Å²) < 4.78 is 6.05. The van der Waals surface area contributed by atoms with E-state index in [0.29, 0.717) is 50.6 Å². The second kappa shape index (κ2) is 11.6. The summed E-state index contributed by atoms with van der Waals surface area (Å²) in [5.41, 5.74) is 7.36. The maximum Gasteiger partial charge on any atom is 0.227 e. The van der Waals surface area contributed by atoms with Crippen LogP contribution in [-0.2, 0) is 6.54 Å². The number of nitrogens with one attached hydrogen (secondary N) is 1. The predicted molar refractivity (Wildman–Crippen MR) is 174 cm³/mol.